The molecule has 0 saturated carbocycles. The molecule has 0 aliphatic heterocycles. The number of rotatable bonds is 11. The quantitative estimate of drug-likeness (QED) is 0.216. The van der Waals surface area contributed by atoms with E-state index in [0.29, 0.717) is 40.0 Å². The van der Waals surface area contributed by atoms with Crippen LogP contribution in [0.4, 0.5) is 5.69 Å². The highest BCUT2D eigenvalue weighted by atomic mass is 35.5. The Morgan fingerprint density at radius 1 is 1.06 bits per heavy atom. The van der Waals surface area contributed by atoms with E-state index in [1.807, 2.05) is 6.92 Å². The molecule has 9 nitrogen and oxygen atoms in total. The lowest BCUT2D eigenvalue weighted by Gasteiger charge is -2.11. The van der Waals surface area contributed by atoms with E-state index in [4.69, 9.17) is 25.8 Å². The Balaban J connectivity index is 1.67. The molecule has 1 amide bonds. The van der Waals surface area contributed by atoms with Crippen LogP contribution in [0.5, 0.6) is 17.2 Å². The lowest BCUT2D eigenvalue weighted by atomic mass is 10.2. The average Bonchev–Trinajstić information content (AvgIpc) is 2.87. The van der Waals surface area contributed by atoms with Crippen LogP contribution in [0.1, 0.15) is 34.8 Å². The fraction of sp³-hybridized carbons (Fsp3) is 0.200. The van der Waals surface area contributed by atoms with Gasteiger partial charge in [-0.1, -0.05) is 18.5 Å². The molecule has 0 atom stereocenters. The van der Waals surface area contributed by atoms with Crippen LogP contribution in [0.2, 0.25) is 5.02 Å². The van der Waals surface area contributed by atoms with Crippen LogP contribution in [0, 0.1) is 10.1 Å². The maximum absolute atomic E-state index is 12.5. The molecule has 0 aromatic heterocycles. The summed E-state index contributed by atoms with van der Waals surface area (Å²) < 4.78 is 16.7. The SMILES string of the molecule is CCCOc1ccc(C(=O)N/N=C/c2cc(Cl)ccc2OCc2ccc([N+](=O)[O-])cc2)cc1OC. The Bertz CT molecular complexity index is 1210. The summed E-state index contributed by atoms with van der Waals surface area (Å²) in [5, 5.41) is 15.3. The zero-order valence-electron chi connectivity index (χ0n) is 19.2. The smallest absolute Gasteiger partial charge is 0.271 e. The highest BCUT2D eigenvalue weighted by Gasteiger charge is 2.11. The van der Waals surface area contributed by atoms with E-state index >= 15 is 0 Å². The summed E-state index contributed by atoms with van der Waals surface area (Å²) in [6.45, 7) is 2.72. The normalized spacial score (nSPS) is 10.7. The molecule has 1 N–H and O–H groups in total. The number of hydrazone groups is 1. The van der Waals surface area contributed by atoms with E-state index in [0.717, 1.165) is 12.0 Å². The van der Waals surface area contributed by atoms with Gasteiger partial charge in [-0.25, -0.2) is 5.43 Å². The first-order chi connectivity index (χ1) is 16.9. The number of methoxy groups -OCH3 is 1. The summed E-state index contributed by atoms with van der Waals surface area (Å²) in [6, 6.07) is 15.9. The first-order valence-electron chi connectivity index (χ1n) is 10.7. The second kappa shape index (κ2) is 12.4. The number of carbonyl (C=O) groups is 1. The average molecular weight is 498 g/mol. The van der Waals surface area contributed by atoms with Crippen molar-refractivity contribution < 1.29 is 23.9 Å². The van der Waals surface area contributed by atoms with Crippen LogP contribution in [0.3, 0.4) is 0 Å². The van der Waals surface area contributed by atoms with Gasteiger partial charge >= 0.3 is 0 Å². The molecule has 3 aromatic rings. The number of ether oxygens (including phenoxy) is 3. The maximum Gasteiger partial charge on any atom is 0.271 e. The zero-order valence-corrected chi connectivity index (χ0v) is 19.9. The van der Waals surface area contributed by atoms with Gasteiger partial charge in [-0.15, -0.1) is 0 Å². The molecule has 0 aliphatic carbocycles. The first kappa shape index (κ1) is 25.5. The summed E-state index contributed by atoms with van der Waals surface area (Å²) in [7, 11) is 1.51. The van der Waals surface area contributed by atoms with Crippen molar-refractivity contribution in [2.24, 2.45) is 5.10 Å². The van der Waals surface area contributed by atoms with Crippen LogP contribution in [-0.2, 0) is 6.61 Å². The molecule has 0 saturated heterocycles. The molecule has 3 aromatic carbocycles. The topological polar surface area (TPSA) is 112 Å². The van der Waals surface area contributed by atoms with Gasteiger partial charge in [0.05, 0.1) is 24.9 Å². The lowest BCUT2D eigenvalue weighted by molar-refractivity contribution is -0.384. The molecular formula is C25H24ClN3O6. The Kier molecular flexibility index (Phi) is 9.02. The zero-order chi connectivity index (χ0) is 25.2. The molecule has 35 heavy (non-hydrogen) atoms. The summed E-state index contributed by atoms with van der Waals surface area (Å²) in [4.78, 5) is 22.9. The van der Waals surface area contributed by atoms with Gasteiger partial charge in [-0.2, -0.15) is 5.10 Å². The third-order valence-corrected chi connectivity index (χ3v) is 5.01. The number of nitro benzene ring substituents is 1. The highest BCUT2D eigenvalue weighted by Crippen LogP contribution is 2.28. The van der Waals surface area contributed by atoms with Crippen molar-refractivity contribution >= 4 is 29.4 Å². The summed E-state index contributed by atoms with van der Waals surface area (Å²) in [5.74, 6) is 1.05. The van der Waals surface area contributed by atoms with E-state index in [1.165, 1.54) is 25.5 Å². The third-order valence-electron chi connectivity index (χ3n) is 4.77. The minimum atomic E-state index is -0.461. The molecule has 0 radical (unpaired) electrons. The fourth-order valence-corrected chi connectivity index (χ4v) is 3.17. The number of nitrogens with zero attached hydrogens (tertiary/aromatic N) is 2. The number of hydrogen-bond acceptors (Lipinski definition) is 7. The lowest BCUT2D eigenvalue weighted by Crippen LogP contribution is -2.17. The number of nitrogens with one attached hydrogen (secondary N) is 1. The summed E-state index contributed by atoms with van der Waals surface area (Å²) >= 11 is 6.11. The fourth-order valence-electron chi connectivity index (χ4n) is 2.99. The number of amides is 1. The van der Waals surface area contributed by atoms with Gasteiger partial charge in [0.1, 0.15) is 12.4 Å². The van der Waals surface area contributed by atoms with E-state index in [2.05, 4.69) is 10.5 Å². The van der Waals surface area contributed by atoms with Crippen molar-refractivity contribution in [1.29, 1.82) is 0 Å². The minimum absolute atomic E-state index is 0.00421. The number of benzene rings is 3. The minimum Gasteiger partial charge on any atom is -0.493 e. The standard InChI is InChI=1S/C25H24ClN3O6/c1-3-12-34-23-10-6-18(14-24(23)33-2)25(30)28-27-15-19-13-20(26)7-11-22(19)35-16-17-4-8-21(9-5-17)29(31)32/h4-11,13-15H,3,12,16H2,1-2H3,(H,28,30)/b27-15+. The molecule has 10 heteroatoms. The van der Waals surface area contributed by atoms with Crippen molar-refractivity contribution in [2.75, 3.05) is 13.7 Å². The first-order valence-corrected chi connectivity index (χ1v) is 11.1. The van der Waals surface area contributed by atoms with E-state index in [9.17, 15) is 14.9 Å². The van der Waals surface area contributed by atoms with E-state index in [1.54, 1.807) is 48.5 Å². The van der Waals surface area contributed by atoms with Gasteiger partial charge < -0.3 is 14.2 Å². The second-order valence-corrected chi connectivity index (χ2v) is 7.74. The molecule has 0 heterocycles. The monoisotopic (exact) mass is 497 g/mol. The van der Waals surface area contributed by atoms with Crippen molar-refractivity contribution in [2.45, 2.75) is 20.0 Å². The number of non-ortho nitro benzene ring substituents is 1. The number of hydrogen-bond donors (Lipinski definition) is 1. The predicted octanol–water partition coefficient (Wildman–Crippen LogP) is 5.39. The van der Waals surface area contributed by atoms with Gasteiger partial charge in [0.25, 0.3) is 11.6 Å². The molecule has 0 bridgehead atoms. The highest BCUT2D eigenvalue weighted by molar-refractivity contribution is 6.30. The Hall–Kier alpha value is -4.11. The molecule has 3 rings (SSSR count). The Morgan fingerprint density at radius 3 is 2.49 bits per heavy atom. The molecule has 0 unspecified atom stereocenters. The van der Waals surface area contributed by atoms with E-state index < -0.39 is 10.8 Å². The van der Waals surface area contributed by atoms with Gasteiger partial charge in [-0.3, -0.25) is 14.9 Å². The molecular weight excluding hydrogens is 474 g/mol. The molecule has 0 aliphatic rings. The summed E-state index contributed by atoms with van der Waals surface area (Å²) in [5.41, 5.74) is 4.12. The van der Waals surface area contributed by atoms with Crippen LogP contribution in [0.25, 0.3) is 0 Å². The van der Waals surface area contributed by atoms with Crippen molar-refractivity contribution in [1.82, 2.24) is 5.43 Å². The number of nitro groups is 1. The summed E-state index contributed by atoms with van der Waals surface area (Å²) in [6.07, 6.45) is 2.27. The van der Waals surface area contributed by atoms with Gasteiger partial charge in [-0.05, 0) is 60.5 Å². The largest absolute Gasteiger partial charge is 0.493 e. The number of carbonyl (C=O) groups excluding carboxylic acids is 1. The van der Waals surface area contributed by atoms with Gasteiger partial charge in [0.15, 0.2) is 11.5 Å². The molecule has 0 spiro atoms. The van der Waals surface area contributed by atoms with E-state index in [-0.39, 0.29) is 12.3 Å². The van der Waals surface area contributed by atoms with Crippen LogP contribution in [-0.4, -0.2) is 30.8 Å². The van der Waals surface area contributed by atoms with Crippen LogP contribution < -0.4 is 19.6 Å². The third kappa shape index (κ3) is 7.18. The maximum atomic E-state index is 12.5. The second-order valence-electron chi connectivity index (χ2n) is 7.31. The van der Waals surface area contributed by atoms with Gasteiger partial charge in [0.2, 0.25) is 0 Å². The van der Waals surface area contributed by atoms with Crippen molar-refractivity contribution in [3.05, 3.63) is 92.5 Å². The number of halogens is 1. The van der Waals surface area contributed by atoms with Crippen LogP contribution >= 0.6 is 11.6 Å². The Labute approximate surface area is 207 Å². The van der Waals surface area contributed by atoms with Crippen molar-refractivity contribution in [3.63, 3.8) is 0 Å². The molecule has 182 valence electrons. The molecule has 0 fully saturated rings. The predicted molar refractivity (Wildman–Crippen MR) is 133 cm³/mol. The van der Waals surface area contributed by atoms with Crippen LogP contribution in [0.15, 0.2) is 65.8 Å². The van der Waals surface area contributed by atoms with Crippen molar-refractivity contribution in [3.8, 4) is 17.2 Å². The van der Waals surface area contributed by atoms with Gasteiger partial charge in [0, 0.05) is 28.3 Å². The Morgan fingerprint density at radius 2 is 1.80 bits per heavy atom.